The Morgan fingerprint density at radius 1 is 1.33 bits per heavy atom. The van der Waals surface area contributed by atoms with Crippen molar-refractivity contribution in [3.63, 3.8) is 0 Å². The zero-order valence-electron chi connectivity index (χ0n) is 10.5. The van der Waals surface area contributed by atoms with E-state index in [1.807, 2.05) is 24.1 Å². The van der Waals surface area contributed by atoms with Crippen molar-refractivity contribution in [3.05, 3.63) is 36.5 Å². The smallest absolute Gasteiger partial charge is 0.147 e. The molecule has 18 heavy (non-hydrogen) atoms. The predicted molar refractivity (Wildman–Crippen MR) is 69.3 cm³/mol. The molecule has 0 saturated carbocycles. The van der Waals surface area contributed by atoms with Gasteiger partial charge in [-0.25, -0.2) is 4.98 Å². The lowest BCUT2D eigenvalue weighted by Crippen LogP contribution is -2.21. The summed E-state index contributed by atoms with van der Waals surface area (Å²) in [5.74, 6) is 1.68. The highest BCUT2D eigenvalue weighted by Gasteiger charge is 2.23. The Bertz CT molecular complexity index is 507. The normalized spacial score (nSPS) is 19.4. The van der Waals surface area contributed by atoms with Crippen molar-refractivity contribution in [1.29, 1.82) is 0 Å². The standard InChI is InChI=1S/C13H17N5/c1-17-9-12(7-16-17)6-11-2-5-18(10-11)13-8-14-3-4-15-13/h3-4,7-9,11H,2,5-6,10H2,1H3. The third kappa shape index (κ3) is 2.34. The highest BCUT2D eigenvalue weighted by Crippen LogP contribution is 2.23. The van der Waals surface area contributed by atoms with Crippen molar-refractivity contribution in [2.75, 3.05) is 18.0 Å². The molecule has 0 aromatic carbocycles. The Morgan fingerprint density at radius 3 is 3.00 bits per heavy atom. The van der Waals surface area contributed by atoms with Crippen LogP contribution in [0.3, 0.4) is 0 Å². The van der Waals surface area contributed by atoms with E-state index in [1.54, 1.807) is 12.4 Å². The van der Waals surface area contributed by atoms with Crippen LogP contribution in [0.5, 0.6) is 0 Å². The van der Waals surface area contributed by atoms with E-state index in [0.717, 1.165) is 25.3 Å². The molecule has 3 rings (SSSR count). The zero-order valence-corrected chi connectivity index (χ0v) is 10.5. The average Bonchev–Trinajstić information content (AvgIpc) is 3.01. The molecule has 1 fully saturated rings. The van der Waals surface area contributed by atoms with Gasteiger partial charge in [-0.2, -0.15) is 5.10 Å². The second kappa shape index (κ2) is 4.76. The van der Waals surface area contributed by atoms with Crippen molar-refractivity contribution >= 4 is 5.82 Å². The lowest BCUT2D eigenvalue weighted by molar-refractivity contribution is 0.586. The highest BCUT2D eigenvalue weighted by atomic mass is 15.2. The van der Waals surface area contributed by atoms with Crippen LogP contribution < -0.4 is 4.90 Å². The molecule has 5 heteroatoms. The molecule has 0 amide bonds. The average molecular weight is 243 g/mol. The molecule has 1 aliphatic heterocycles. The summed E-state index contributed by atoms with van der Waals surface area (Å²) in [6.07, 6.45) is 11.7. The molecule has 0 aliphatic carbocycles. The van der Waals surface area contributed by atoms with Crippen LogP contribution in [0.15, 0.2) is 31.0 Å². The Balaban J connectivity index is 1.62. The molecule has 1 aliphatic rings. The molecule has 1 saturated heterocycles. The number of anilines is 1. The minimum absolute atomic E-state index is 0.691. The van der Waals surface area contributed by atoms with Gasteiger partial charge in [-0.05, 0) is 24.3 Å². The van der Waals surface area contributed by atoms with E-state index in [-0.39, 0.29) is 0 Å². The van der Waals surface area contributed by atoms with Crippen LogP contribution in [0.25, 0.3) is 0 Å². The van der Waals surface area contributed by atoms with Crippen LogP contribution in [-0.2, 0) is 13.5 Å². The van der Waals surface area contributed by atoms with Crippen molar-refractivity contribution in [2.45, 2.75) is 12.8 Å². The van der Waals surface area contributed by atoms with Gasteiger partial charge in [-0.3, -0.25) is 9.67 Å². The largest absolute Gasteiger partial charge is 0.355 e. The van der Waals surface area contributed by atoms with Crippen molar-refractivity contribution in [3.8, 4) is 0 Å². The molecule has 1 unspecified atom stereocenters. The Labute approximate surface area is 106 Å². The molecule has 2 aromatic heterocycles. The number of hydrogen-bond acceptors (Lipinski definition) is 4. The van der Waals surface area contributed by atoms with Crippen LogP contribution in [0.4, 0.5) is 5.82 Å². The molecule has 94 valence electrons. The first-order valence-corrected chi connectivity index (χ1v) is 6.30. The molecule has 0 bridgehead atoms. The van der Waals surface area contributed by atoms with Crippen LogP contribution in [-0.4, -0.2) is 32.8 Å². The fraction of sp³-hybridized carbons (Fsp3) is 0.462. The molecule has 1 atom stereocenters. The Kier molecular flexibility index (Phi) is 2.96. The maximum atomic E-state index is 4.35. The number of rotatable bonds is 3. The number of nitrogens with zero attached hydrogens (tertiary/aromatic N) is 5. The van der Waals surface area contributed by atoms with E-state index < -0.39 is 0 Å². The maximum absolute atomic E-state index is 4.35. The molecule has 0 spiro atoms. The summed E-state index contributed by atoms with van der Waals surface area (Å²) in [4.78, 5) is 10.8. The summed E-state index contributed by atoms with van der Waals surface area (Å²) >= 11 is 0. The maximum Gasteiger partial charge on any atom is 0.147 e. The molecule has 5 nitrogen and oxygen atoms in total. The lowest BCUT2D eigenvalue weighted by Gasteiger charge is -2.16. The van der Waals surface area contributed by atoms with Gasteiger partial charge in [0.2, 0.25) is 0 Å². The van der Waals surface area contributed by atoms with Crippen LogP contribution in [0.1, 0.15) is 12.0 Å². The molecule has 2 aromatic rings. The second-order valence-corrected chi connectivity index (χ2v) is 4.89. The SMILES string of the molecule is Cn1cc(CC2CCN(c3cnccn3)C2)cn1. The van der Waals surface area contributed by atoms with Crippen LogP contribution in [0.2, 0.25) is 0 Å². The fourth-order valence-electron chi connectivity index (χ4n) is 2.57. The summed E-state index contributed by atoms with van der Waals surface area (Å²) < 4.78 is 1.87. The quantitative estimate of drug-likeness (QED) is 0.814. The lowest BCUT2D eigenvalue weighted by atomic mass is 10.0. The van der Waals surface area contributed by atoms with E-state index in [1.165, 1.54) is 12.0 Å². The van der Waals surface area contributed by atoms with E-state index >= 15 is 0 Å². The summed E-state index contributed by atoms with van der Waals surface area (Å²) in [5, 5.41) is 4.22. The molecule has 0 N–H and O–H groups in total. The number of aromatic nitrogens is 4. The highest BCUT2D eigenvalue weighted by molar-refractivity contribution is 5.36. The summed E-state index contributed by atoms with van der Waals surface area (Å²) in [6.45, 7) is 2.14. The van der Waals surface area contributed by atoms with Crippen LogP contribution in [0, 0.1) is 5.92 Å². The van der Waals surface area contributed by atoms with Crippen molar-refractivity contribution in [1.82, 2.24) is 19.7 Å². The molecule has 3 heterocycles. The monoisotopic (exact) mass is 243 g/mol. The van der Waals surface area contributed by atoms with Gasteiger partial charge >= 0.3 is 0 Å². The minimum atomic E-state index is 0.691. The van der Waals surface area contributed by atoms with Gasteiger partial charge in [0.15, 0.2) is 0 Å². The van der Waals surface area contributed by atoms with Crippen LogP contribution >= 0.6 is 0 Å². The minimum Gasteiger partial charge on any atom is -0.355 e. The van der Waals surface area contributed by atoms with Crippen molar-refractivity contribution in [2.24, 2.45) is 13.0 Å². The van der Waals surface area contributed by atoms with E-state index in [2.05, 4.69) is 26.2 Å². The number of aryl methyl sites for hydroxylation is 1. The van der Waals surface area contributed by atoms with Crippen molar-refractivity contribution < 1.29 is 0 Å². The summed E-state index contributed by atoms with van der Waals surface area (Å²) in [5.41, 5.74) is 1.32. The first-order valence-electron chi connectivity index (χ1n) is 6.30. The molecular formula is C13H17N5. The van der Waals surface area contributed by atoms with Gasteiger partial charge < -0.3 is 4.90 Å². The predicted octanol–water partition coefficient (Wildman–Crippen LogP) is 1.28. The molecule has 0 radical (unpaired) electrons. The number of hydrogen-bond donors (Lipinski definition) is 0. The van der Waals surface area contributed by atoms with Gasteiger partial charge in [0.05, 0.1) is 12.4 Å². The Hall–Kier alpha value is -1.91. The summed E-state index contributed by atoms with van der Waals surface area (Å²) in [7, 11) is 1.96. The fourth-order valence-corrected chi connectivity index (χ4v) is 2.57. The van der Waals surface area contributed by atoms with Gasteiger partial charge in [0.1, 0.15) is 5.82 Å². The van der Waals surface area contributed by atoms with Gasteiger partial charge in [-0.15, -0.1) is 0 Å². The van der Waals surface area contributed by atoms with E-state index in [0.29, 0.717) is 5.92 Å². The second-order valence-electron chi connectivity index (χ2n) is 4.89. The first-order chi connectivity index (χ1) is 8.81. The summed E-state index contributed by atoms with van der Waals surface area (Å²) in [6, 6.07) is 0. The molecular weight excluding hydrogens is 226 g/mol. The van der Waals surface area contributed by atoms with E-state index in [9.17, 15) is 0 Å². The topological polar surface area (TPSA) is 46.8 Å². The van der Waals surface area contributed by atoms with Gasteiger partial charge in [0, 0.05) is 38.7 Å². The van der Waals surface area contributed by atoms with Gasteiger partial charge in [-0.1, -0.05) is 0 Å². The van der Waals surface area contributed by atoms with E-state index in [4.69, 9.17) is 0 Å². The third-order valence-corrected chi connectivity index (χ3v) is 3.44. The third-order valence-electron chi connectivity index (χ3n) is 3.44. The van der Waals surface area contributed by atoms with Gasteiger partial charge in [0.25, 0.3) is 0 Å². The first kappa shape index (κ1) is 11.2. The Morgan fingerprint density at radius 2 is 2.28 bits per heavy atom. The zero-order chi connectivity index (χ0) is 12.4.